The van der Waals surface area contributed by atoms with E-state index in [1.165, 1.54) is 24.3 Å². The van der Waals surface area contributed by atoms with Crippen LogP contribution >= 0.6 is 11.8 Å². The first-order valence-electron chi connectivity index (χ1n) is 3.68. The minimum atomic E-state index is 0.792. The summed E-state index contributed by atoms with van der Waals surface area (Å²) in [7, 11) is 1.74. The molecule has 0 radical (unpaired) electrons. The van der Waals surface area contributed by atoms with Crippen LogP contribution < -0.4 is 0 Å². The Morgan fingerprint density at radius 2 is 2.20 bits per heavy atom. The van der Waals surface area contributed by atoms with E-state index in [-0.39, 0.29) is 0 Å². The summed E-state index contributed by atoms with van der Waals surface area (Å²) in [5.74, 6) is 2.60. The van der Waals surface area contributed by atoms with E-state index in [4.69, 9.17) is 4.74 Å². The molecule has 10 heavy (non-hydrogen) atoms. The Bertz CT molecular complexity index is 112. The van der Waals surface area contributed by atoms with Crippen LogP contribution in [0, 0.1) is 0 Å². The Kier molecular flexibility index (Phi) is 3.91. The van der Waals surface area contributed by atoms with Crippen molar-refractivity contribution in [1.82, 2.24) is 0 Å². The first-order valence-corrected chi connectivity index (χ1v) is 4.83. The molecule has 0 N–H and O–H groups in total. The molecule has 0 saturated carbocycles. The van der Waals surface area contributed by atoms with Crippen molar-refractivity contribution in [2.75, 3.05) is 25.2 Å². The zero-order valence-electron chi connectivity index (χ0n) is 6.43. The van der Waals surface area contributed by atoms with Crippen LogP contribution in [0.2, 0.25) is 0 Å². The highest BCUT2D eigenvalue weighted by Crippen LogP contribution is 2.21. The molecule has 0 aromatic rings. The summed E-state index contributed by atoms with van der Waals surface area (Å²) >= 11 is 2.05. The molecule has 0 atom stereocenters. The normalized spacial score (nSPS) is 19.1. The number of methoxy groups -OCH3 is 1. The maximum Gasteiger partial charge on any atom is 0.0646 e. The van der Waals surface area contributed by atoms with Gasteiger partial charge in [-0.2, -0.15) is 11.8 Å². The summed E-state index contributed by atoms with van der Waals surface area (Å²) in [4.78, 5) is 0. The summed E-state index contributed by atoms with van der Waals surface area (Å²) in [6.45, 7) is 0.792. The highest BCUT2D eigenvalue weighted by atomic mass is 32.2. The molecular weight excluding hydrogens is 144 g/mol. The highest BCUT2D eigenvalue weighted by molar-refractivity contribution is 7.99. The summed E-state index contributed by atoms with van der Waals surface area (Å²) in [5, 5.41) is 0. The van der Waals surface area contributed by atoms with Gasteiger partial charge in [-0.1, -0.05) is 11.6 Å². The van der Waals surface area contributed by atoms with Crippen LogP contribution in [-0.2, 0) is 4.74 Å². The molecule has 0 aromatic carbocycles. The molecule has 1 fully saturated rings. The molecule has 0 aromatic heterocycles. The van der Waals surface area contributed by atoms with E-state index in [1.807, 2.05) is 0 Å². The fourth-order valence-corrected chi connectivity index (χ4v) is 2.06. The monoisotopic (exact) mass is 158 g/mol. The van der Waals surface area contributed by atoms with Crippen molar-refractivity contribution < 1.29 is 4.74 Å². The van der Waals surface area contributed by atoms with Gasteiger partial charge in [-0.15, -0.1) is 0 Å². The fourth-order valence-electron chi connectivity index (χ4n) is 1.04. The van der Waals surface area contributed by atoms with Crippen molar-refractivity contribution in [1.29, 1.82) is 0 Å². The molecule has 0 amide bonds. The Labute approximate surface area is 66.8 Å². The van der Waals surface area contributed by atoms with Crippen LogP contribution in [0.1, 0.15) is 12.8 Å². The molecule has 0 bridgehead atoms. The maximum atomic E-state index is 4.96. The molecule has 0 unspecified atom stereocenters. The number of hydrogen-bond donors (Lipinski definition) is 0. The molecule has 1 aliphatic heterocycles. The molecule has 1 saturated heterocycles. The van der Waals surface area contributed by atoms with E-state index in [0.717, 1.165) is 6.61 Å². The van der Waals surface area contributed by atoms with E-state index < -0.39 is 0 Å². The van der Waals surface area contributed by atoms with Gasteiger partial charge in [0, 0.05) is 7.11 Å². The lowest BCUT2D eigenvalue weighted by Crippen LogP contribution is -1.99. The van der Waals surface area contributed by atoms with Crippen molar-refractivity contribution in [3.05, 3.63) is 11.6 Å². The predicted octanol–water partition coefficient (Wildman–Crippen LogP) is 2.09. The van der Waals surface area contributed by atoms with Crippen LogP contribution in [0.4, 0.5) is 0 Å². The third-order valence-electron chi connectivity index (χ3n) is 1.67. The minimum absolute atomic E-state index is 0.792. The summed E-state index contributed by atoms with van der Waals surface area (Å²) in [6, 6.07) is 0. The highest BCUT2D eigenvalue weighted by Gasteiger charge is 2.03. The standard InChI is InChI=1S/C8H14OS/c1-9-5-2-8-3-6-10-7-4-8/h2H,3-7H2,1H3. The lowest BCUT2D eigenvalue weighted by atomic mass is 10.1. The van der Waals surface area contributed by atoms with Gasteiger partial charge in [-0.05, 0) is 24.3 Å². The molecule has 0 spiro atoms. The van der Waals surface area contributed by atoms with E-state index in [2.05, 4.69) is 17.8 Å². The Morgan fingerprint density at radius 1 is 1.50 bits per heavy atom. The third-order valence-corrected chi connectivity index (χ3v) is 2.66. The largest absolute Gasteiger partial charge is 0.381 e. The molecule has 2 heteroatoms. The number of rotatable bonds is 2. The van der Waals surface area contributed by atoms with E-state index >= 15 is 0 Å². The molecule has 0 aliphatic carbocycles. The van der Waals surface area contributed by atoms with E-state index in [1.54, 1.807) is 12.7 Å². The Balaban J connectivity index is 2.23. The second-order valence-electron chi connectivity index (χ2n) is 2.43. The average molecular weight is 158 g/mol. The SMILES string of the molecule is COCC=C1CCSCC1. The third kappa shape index (κ3) is 2.76. The van der Waals surface area contributed by atoms with Gasteiger partial charge >= 0.3 is 0 Å². The van der Waals surface area contributed by atoms with Gasteiger partial charge in [0.25, 0.3) is 0 Å². The van der Waals surface area contributed by atoms with Crippen LogP contribution in [0.15, 0.2) is 11.6 Å². The quantitative estimate of drug-likeness (QED) is 0.569. The average Bonchev–Trinajstić information content (AvgIpc) is 2.03. The van der Waals surface area contributed by atoms with E-state index in [0.29, 0.717) is 0 Å². The van der Waals surface area contributed by atoms with Gasteiger partial charge in [-0.25, -0.2) is 0 Å². The molecular formula is C8H14OS. The van der Waals surface area contributed by atoms with Crippen molar-refractivity contribution in [3.63, 3.8) is 0 Å². The first-order chi connectivity index (χ1) is 4.93. The van der Waals surface area contributed by atoms with Gasteiger partial charge in [0.15, 0.2) is 0 Å². The van der Waals surface area contributed by atoms with Gasteiger partial charge in [0.05, 0.1) is 6.61 Å². The second-order valence-corrected chi connectivity index (χ2v) is 3.65. The zero-order valence-corrected chi connectivity index (χ0v) is 7.25. The van der Waals surface area contributed by atoms with Crippen molar-refractivity contribution in [3.8, 4) is 0 Å². The molecule has 58 valence electrons. The summed E-state index contributed by atoms with van der Waals surface area (Å²) < 4.78 is 4.96. The fraction of sp³-hybridized carbons (Fsp3) is 0.750. The maximum absolute atomic E-state index is 4.96. The number of hydrogen-bond acceptors (Lipinski definition) is 2. The molecule has 1 rings (SSSR count). The topological polar surface area (TPSA) is 9.23 Å². The number of allylic oxidation sites excluding steroid dienone is 1. The minimum Gasteiger partial charge on any atom is -0.381 e. The van der Waals surface area contributed by atoms with Crippen molar-refractivity contribution >= 4 is 11.8 Å². The molecule has 1 nitrogen and oxygen atoms in total. The van der Waals surface area contributed by atoms with Crippen LogP contribution in [0.25, 0.3) is 0 Å². The lowest BCUT2D eigenvalue weighted by Gasteiger charge is -2.12. The van der Waals surface area contributed by atoms with Gasteiger partial charge < -0.3 is 4.74 Å². The number of thioether (sulfide) groups is 1. The van der Waals surface area contributed by atoms with Crippen LogP contribution in [-0.4, -0.2) is 25.2 Å². The van der Waals surface area contributed by atoms with Gasteiger partial charge in [0.1, 0.15) is 0 Å². The van der Waals surface area contributed by atoms with Gasteiger partial charge in [-0.3, -0.25) is 0 Å². The predicted molar refractivity (Wildman–Crippen MR) is 46.5 cm³/mol. The first kappa shape index (κ1) is 8.15. The summed E-state index contributed by atoms with van der Waals surface area (Å²) in [5.41, 5.74) is 1.58. The summed E-state index contributed by atoms with van der Waals surface area (Å²) in [6.07, 6.45) is 4.77. The Hall–Kier alpha value is 0.0500. The van der Waals surface area contributed by atoms with Crippen molar-refractivity contribution in [2.45, 2.75) is 12.8 Å². The van der Waals surface area contributed by atoms with Crippen LogP contribution in [0.3, 0.4) is 0 Å². The molecule has 1 heterocycles. The van der Waals surface area contributed by atoms with E-state index in [9.17, 15) is 0 Å². The van der Waals surface area contributed by atoms with Crippen molar-refractivity contribution in [2.24, 2.45) is 0 Å². The smallest absolute Gasteiger partial charge is 0.0646 e. The zero-order chi connectivity index (χ0) is 7.23. The van der Waals surface area contributed by atoms with Crippen LogP contribution in [0.5, 0.6) is 0 Å². The lowest BCUT2D eigenvalue weighted by molar-refractivity contribution is 0.233. The number of ether oxygens (including phenoxy) is 1. The molecule has 1 aliphatic rings. The second kappa shape index (κ2) is 4.80. The van der Waals surface area contributed by atoms with Gasteiger partial charge in [0.2, 0.25) is 0 Å². The Morgan fingerprint density at radius 3 is 2.80 bits per heavy atom.